The fraction of sp³-hybridized carbons (Fsp3) is 0.700. The van der Waals surface area contributed by atoms with Gasteiger partial charge in [0.15, 0.2) is 5.96 Å². The van der Waals surface area contributed by atoms with Crippen molar-refractivity contribution in [2.45, 2.75) is 45.4 Å². The molecule has 0 amide bonds. The van der Waals surface area contributed by atoms with Gasteiger partial charge in [0.1, 0.15) is 5.82 Å². The van der Waals surface area contributed by atoms with Crippen LogP contribution in [0, 0.1) is 11.8 Å². The quantitative estimate of drug-likeness (QED) is 0.453. The zero-order valence-corrected chi connectivity index (χ0v) is 15.6. The lowest BCUT2D eigenvalue weighted by Gasteiger charge is -2.22. The first-order valence-electron chi connectivity index (χ1n) is 10.0. The van der Waals surface area contributed by atoms with Gasteiger partial charge in [-0.05, 0) is 56.6 Å². The maximum absolute atomic E-state index is 4.89. The van der Waals surface area contributed by atoms with Gasteiger partial charge in [-0.25, -0.2) is 4.98 Å². The average Bonchev–Trinajstić information content (AvgIpc) is 3.08. The molecule has 25 heavy (non-hydrogen) atoms. The van der Waals surface area contributed by atoms with E-state index >= 15 is 0 Å². The largest absolute Gasteiger partial charge is 0.370 e. The number of nitrogens with one attached hydrogen (secondary N) is 2. The molecule has 1 aliphatic heterocycles. The standard InChI is InChI=1S/C20H33N5/c1-2-21-20(25-15-17-9-3-4-10-18(17)16-25)24-14-8-7-13-23-19-11-5-6-12-22-19/h5-6,11-12,17-18H,2-4,7-10,13-16H2,1H3,(H,21,24)(H,22,23). The summed E-state index contributed by atoms with van der Waals surface area (Å²) in [4.78, 5) is 11.7. The number of aliphatic imine (C=N–C) groups is 1. The van der Waals surface area contributed by atoms with E-state index in [4.69, 9.17) is 4.99 Å². The number of anilines is 1. The first-order chi connectivity index (χ1) is 12.4. The molecule has 2 fully saturated rings. The number of likely N-dealkylation sites (tertiary alicyclic amines) is 1. The molecule has 2 unspecified atom stereocenters. The van der Waals surface area contributed by atoms with Gasteiger partial charge >= 0.3 is 0 Å². The summed E-state index contributed by atoms with van der Waals surface area (Å²) in [5, 5.41) is 6.86. The molecule has 0 bridgehead atoms. The first-order valence-corrected chi connectivity index (χ1v) is 10.0. The Morgan fingerprint density at radius 3 is 2.68 bits per heavy atom. The molecule has 2 atom stereocenters. The summed E-state index contributed by atoms with van der Waals surface area (Å²) >= 11 is 0. The van der Waals surface area contributed by atoms with E-state index in [9.17, 15) is 0 Å². The van der Waals surface area contributed by atoms with E-state index in [1.54, 1.807) is 0 Å². The number of nitrogens with zero attached hydrogens (tertiary/aromatic N) is 3. The van der Waals surface area contributed by atoms with E-state index in [-0.39, 0.29) is 0 Å². The highest BCUT2D eigenvalue weighted by Crippen LogP contribution is 2.35. The lowest BCUT2D eigenvalue weighted by atomic mass is 9.82. The average molecular weight is 344 g/mol. The van der Waals surface area contributed by atoms with Crippen LogP contribution in [0.5, 0.6) is 0 Å². The predicted molar refractivity (Wildman–Crippen MR) is 105 cm³/mol. The lowest BCUT2D eigenvalue weighted by molar-refractivity contribution is 0.299. The van der Waals surface area contributed by atoms with Crippen molar-refractivity contribution in [2.24, 2.45) is 16.8 Å². The first kappa shape index (κ1) is 18.0. The molecule has 0 spiro atoms. The second-order valence-electron chi connectivity index (χ2n) is 7.29. The Bertz CT molecular complexity index is 516. The van der Waals surface area contributed by atoms with Gasteiger partial charge in [-0.15, -0.1) is 0 Å². The molecule has 2 aliphatic rings. The predicted octanol–water partition coefficient (Wildman–Crippen LogP) is 3.36. The monoisotopic (exact) mass is 343 g/mol. The Morgan fingerprint density at radius 1 is 1.20 bits per heavy atom. The van der Waals surface area contributed by atoms with Crippen molar-refractivity contribution in [1.82, 2.24) is 15.2 Å². The maximum atomic E-state index is 4.89. The molecule has 1 aromatic rings. The van der Waals surface area contributed by atoms with E-state index in [0.717, 1.165) is 56.1 Å². The second-order valence-corrected chi connectivity index (χ2v) is 7.29. The summed E-state index contributed by atoms with van der Waals surface area (Å²) in [6, 6.07) is 5.96. The van der Waals surface area contributed by atoms with Gasteiger partial charge in [-0.3, -0.25) is 4.99 Å². The number of guanidine groups is 1. The highest BCUT2D eigenvalue weighted by atomic mass is 15.3. The summed E-state index contributed by atoms with van der Waals surface area (Å²) in [5.74, 6) is 3.90. The number of aromatic nitrogens is 1. The number of unbranched alkanes of at least 4 members (excludes halogenated alkanes) is 1. The van der Waals surface area contributed by atoms with Crippen LogP contribution in [-0.2, 0) is 0 Å². The van der Waals surface area contributed by atoms with Crippen LogP contribution in [0.4, 0.5) is 5.82 Å². The van der Waals surface area contributed by atoms with Crippen LogP contribution in [0.25, 0.3) is 0 Å². The van der Waals surface area contributed by atoms with Crippen LogP contribution in [0.2, 0.25) is 0 Å². The van der Waals surface area contributed by atoms with E-state index in [0.29, 0.717) is 0 Å². The van der Waals surface area contributed by atoms with Crippen molar-refractivity contribution in [3.05, 3.63) is 24.4 Å². The zero-order valence-electron chi connectivity index (χ0n) is 15.6. The molecule has 1 aromatic heterocycles. The zero-order chi connectivity index (χ0) is 17.3. The molecule has 5 nitrogen and oxygen atoms in total. The minimum absolute atomic E-state index is 0.901. The van der Waals surface area contributed by atoms with Crippen molar-refractivity contribution in [2.75, 3.05) is 38.0 Å². The van der Waals surface area contributed by atoms with Gasteiger partial charge in [0.25, 0.3) is 0 Å². The summed E-state index contributed by atoms with van der Waals surface area (Å²) in [6.45, 7) is 7.38. The minimum Gasteiger partial charge on any atom is -0.370 e. The van der Waals surface area contributed by atoms with Gasteiger partial charge in [0.05, 0.1) is 0 Å². The highest BCUT2D eigenvalue weighted by Gasteiger charge is 2.35. The molecule has 2 heterocycles. The van der Waals surface area contributed by atoms with Crippen molar-refractivity contribution >= 4 is 11.8 Å². The lowest BCUT2D eigenvalue weighted by Crippen LogP contribution is -2.40. The van der Waals surface area contributed by atoms with Crippen molar-refractivity contribution in [1.29, 1.82) is 0 Å². The Balaban J connectivity index is 1.40. The Kier molecular flexibility index (Phi) is 6.95. The van der Waals surface area contributed by atoms with Crippen LogP contribution in [0.15, 0.2) is 29.4 Å². The van der Waals surface area contributed by atoms with E-state index in [1.165, 1.54) is 38.8 Å². The number of fused-ring (bicyclic) bond motifs is 1. The third kappa shape index (κ3) is 5.35. The summed E-state index contributed by atoms with van der Waals surface area (Å²) < 4.78 is 0. The Morgan fingerprint density at radius 2 is 2.00 bits per heavy atom. The van der Waals surface area contributed by atoms with Crippen molar-refractivity contribution < 1.29 is 0 Å². The SMILES string of the molecule is CCNC(=NCCCCNc1ccccn1)N1CC2CCCCC2C1. The molecule has 5 heteroatoms. The fourth-order valence-corrected chi connectivity index (χ4v) is 4.11. The number of pyridine rings is 1. The normalized spacial score (nSPS) is 23.4. The van der Waals surface area contributed by atoms with Gasteiger partial charge in [0, 0.05) is 38.9 Å². The third-order valence-electron chi connectivity index (χ3n) is 5.43. The van der Waals surface area contributed by atoms with Crippen molar-refractivity contribution in [3.63, 3.8) is 0 Å². The molecule has 1 saturated carbocycles. The van der Waals surface area contributed by atoms with Crippen LogP contribution >= 0.6 is 0 Å². The van der Waals surface area contributed by atoms with Gasteiger partial charge in [-0.1, -0.05) is 18.9 Å². The second kappa shape index (κ2) is 9.64. The molecular weight excluding hydrogens is 310 g/mol. The summed E-state index contributed by atoms with van der Waals surface area (Å²) in [7, 11) is 0. The van der Waals surface area contributed by atoms with Crippen molar-refractivity contribution in [3.8, 4) is 0 Å². The highest BCUT2D eigenvalue weighted by molar-refractivity contribution is 5.80. The van der Waals surface area contributed by atoms with E-state index in [2.05, 4.69) is 27.4 Å². The molecule has 1 aliphatic carbocycles. The van der Waals surface area contributed by atoms with Gasteiger partial charge < -0.3 is 15.5 Å². The Labute approximate surface area is 152 Å². The number of rotatable bonds is 7. The minimum atomic E-state index is 0.901. The Hall–Kier alpha value is -1.78. The molecule has 2 N–H and O–H groups in total. The fourth-order valence-electron chi connectivity index (χ4n) is 4.11. The number of hydrogen-bond acceptors (Lipinski definition) is 3. The summed E-state index contributed by atoms with van der Waals surface area (Å²) in [5.41, 5.74) is 0. The van der Waals surface area contributed by atoms with Crippen LogP contribution in [0.3, 0.4) is 0 Å². The molecule has 0 radical (unpaired) electrons. The summed E-state index contributed by atoms with van der Waals surface area (Å²) in [6.07, 6.45) is 9.72. The third-order valence-corrected chi connectivity index (χ3v) is 5.43. The molecule has 138 valence electrons. The molecule has 1 saturated heterocycles. The molecular formula is C20H33N5. The topological polar surface area (TPSA) is 52.6 Å². The van der Waals surface area contributed by atoms with Gasteiger partial charge in [-0.2, -0.15) is 0 Å². The molecule has 3 rings (SSSR count). The maximum Gasteiger partial charge on any atom is 0.193 e. The van der Waals surface area contributed by atoms with Crippen LogP contribution in [-0.4, -0.2) is 48.6 Å². The van der Waals surface area contributed by atoms with E-state index < -0.39 is 0 Å². The van der Waals surface area contributed by atoms with Gasteiger partial charge in [0.2, 0.25) is 0 Å². The van der Waals surface area contributed by atoms with Crippen LogP contribution in [0.1, 0.15) is 45.4 Å². The van der Waals surface area contributed by atoms with Crippen LogP contribution < -0.4 is 10.6 Å². The smallest absolute Gasteiger partial charge is 0.193 e. The van der Waals surface area contributed by atoms with E-state index in [1.807, 2.05) is 24.4 Å². The number of hydrogen-bond donors (Lipinski definition) is 2. The molecule has 0 aromatic carbocycles.